The van der Waals surface area contributed by atoms with Gasteiger partial charge in [-0.2, -0.15) is 0 Å². The molecule has 2 rings (SSSR count). The number of hydrogen-bond donors (Lipinski definition) is 1. The van der Waals surface area contributed by atoms with Gasteiger partial charge in [0.05, 0.1) is 6.54 Å². The van der Waals surface area contributed by atoms with Crippen molar-refractivity contribution in [1.29, 1.82) is 0 Å². The Morgan fingerprint density at radius 3 is 3.20 bits per heavy atom. The van der Waals surface area contributed by atoms with Crippen molar-refractivity contribution in [2.45, 2.75) is 32.7 Å². The molecule has 0 radical (unpaired) electrons. The van der Waals surface area contributed by atoms with Crippen LogP contribution in [-0.4, -0.2) is 5.91 Å². The third-order valence-corrected chi connectivity index (χ3v) is 3.79. The number of thiophene rings is 1. The molecule has 0 saturated carbocycles. The lowest BCUT2D eigenvalue weighted by Crippen LogP contribution is -2.19. The number of carbonyl (C=O) groups excluding carboxylic acids is 1. The third kappa shape index (κ3) is 2.48. The van der Waals surface area contributed by atoms with Gasteiger partial charge in [-0.05, 0) is 43.9 Å². The van der Waals surface area contributed by atoms with Crippen LogP contribution in [0.2, 0.25) is 0 Å². The number of amides is 1. The topological polar surface area (TPSA) is 29.1 Å². The fraction of sp³-hybridized carbons (Fsp3) is 0.417. The summed E-state index contributed by atoms with van der Waals surface area (Å²) in [6, 6.07) is 2.24. The summed E-state index contributed by atoms with van der Waals surface area (Å²) in [5, 5.41) is 2.87. The summed E-state index contributed by atoms with van der Waals surface area (Å²) in [6.45, 7) is 2.51. The highest BCUT2D eigenvalue weighted by Gasteiger charge is 2.14. The molecule has 1 aliphatic rings. The normalized spacial score (nSPS) is 14.5. The first-order valence-corrected chi connectivity index (χ1v) is 6.12. The fourth-order valence-corrected chi connectivity index (χ4v) is 3.06. The number of hydrogen-bond acceptors (Lipinski definition) is 2. The van der Waals surface area contributed by atoms with Crippen LogP contribution in [0.1, 0.15) is 28.7 Å². The van der Waals surface area contributed by atoms with Gasteiger partial charge in [0.1, 0.15) is 0 Å². The first-order valence-electron chi connectivity index (χ1n) is 5.30. The van der Waals surface area contributed by atoms with Gasteiger partial charge in [0.2, 0.25) is 5.91 Å². The molecule has 0 saturated heterocycles. The van der Waals surface area contributed by atoms with Crippen molar-refractivity contribution in [1.82, 2.24) is 5.32 Å². The van der Waals surface area contributed by atoms with E-state index in [0.29, 0.717) is 6.54 Å². The molecule has 80 valence electrons. The summed E-state index contributed by atoms with van der Waals surface area (Å²) in [6.07, 6.45) is 7.05. The standard InChI is InChI=1S/C12H15NOS/c1-2-4-12(14)13-8-10-7-9-5-3-6-11(9)15-10/h2,4,7H,3,5-6,8H2,1H3,(H,13,14)/b4-2+. The largest absolute Gasteiger partial charge is 0.348 e. The summed E-state index contributed by atoms with van der Waals surface area (Å²) in [4.78, 5) is 14.0. The van der Waals surface area contributed by atoms with Gasteiger partial charge in [-0.3, -0.25) is 4.79 Å². The highest BCUT2D eigenvalue weighted by atomic mass is 32.1. The van der Waals surface area contributed by atoms with E-state index in [1.165, 1.54) is 34.6 Å². The van der Waals surface area contributed by atoms with Crippen molar-refractivity contribution in [2.24, 2.45) is 0 Å². The van der Waals surface area contributed by atoms with Crippen LogP contribution < -0.4 is 5.32 Å². The van der Waals surface area contributed by atoms with E-state index in [2.05, 4.69) is 11.4 Å². The van der Waals surface area contributed by atoms with Gasteiger partial charge in [0, 0.05) is 9.75 Å². The molecule has 0 bridgehead atoms. The number of rotatable bonds is 3. The smallest absolute Gasteiger partial charge is 0.243 e. The Kier molecular flexibility index (Phi) is 3.21. The predicted molar refractivity (Wildman–Crippen MR) is 63.0 cm³/mol. The maximum atomic E-state index is 11.2. The quantitative estimate of drug-likeness (QED) is 0.780. The Morgan fingerprint density at radius 1 is 1.60 bits per heavy atom. The van der Waals surface area contributed by atoms with Crippen LogP contribution in [0.5, 0.6) is 0 Å². The van der Waals surface area contributed by atoms with E-state index in [4.69, 9.17) is 0 Å². The summed E-state index contributed by atoms with van der Waals surface area (Å²) in [7, 11) is 0. The number of aryl methyl sites for hydroxylation is 2. The number of allylic oxidation sites excluding steroid dienone is 1. The zero-order valence-electron chi connectivity index (χ0n) is 8.88. The van der Waals surface area contributed by atoms with Crippen LogP contribution in [0, 0.1) is 0 Å². The summed E-state index contributed by atoms with van der Waals surface area (Å²) < 4.78 is 0. The highest BCUT2D eigenvalue weighted by molar-refractivity contribution is 7.12. The van der Waals surface area contributed by atoms with E-state index >= 15 is 0 Å². The average molecular weight is 221 g/mol. The van der Waals surface area contributed by atoms with Gasteiger partial charge in [0.15, 0.2) is 0 Å². The Balaban J connectivity index is 1.91. The van der Waals surface area contributed by atoms with Crippen LogP contribution >= 0.6 is 11.3 Å². The molecule has 0 fully saturated rings. The SMILES string of the molecule is C/C=C/C(=O)NCc1cc2c(s1)CCC2. The lowest BCUT2D eigenvalue weighted by atomic mass is 10.2. The Bertz CT molecular complexity index is 371. The monoisotopic (exact) mass is 221 g/mol. The molecule has 15 heavy (non-hydrogen) atoms. The molecule has 1 aliphatic carbocycles. The predicted octanol–water partition coefficient (Wildman–Crippen LogP) is 2.43. The molecule has 0 unspecified atom stereocenters. The van der Waals surface area contributed by atoms with Gasteiger partial charge >= 0.3 is 0 Å². The number of fused-ring (bicyclic) bond motifs is 1. The van der Waals surface area contributed by atoms with Crippen molar-refractivity contribution in [3.63, 3.8) is 0 Å². The van der Waals surface area contributed by atoms with Crippen LogP contribution in [0.3, 0.4) is 0 Å². The van der Waals surface area contributed by atoms with Crippen LogP contribution in [0.25, 0.3) is 0 Å². The molecule has 1 N–H and O–H groups in total. The molecule has 0 atom stereocenters. The van der Waals surface area contributed by atoms with E-state index in [1.807, 2.05) is 18.3 Å². The molecule has 1 heterocycles. The Morgan fingerprint density at radius 2 is 2.47 bits per heavy atom. The fourth-order valence-electron chi connectivity index (χ4n) is 1.86. The molecular weight excluding hydrogens is 206 g/mol. The summed E-state index contributed by atoms with van der Waals surface area (Å²) in [5.41, 5.74) is 1.50. The first-order chi connectivity index (χ1) is 7.29. The van der Waals surface area contributed by atoms with Gasteiger partial charge in [-0.15, -0.1) is 11.3 Å². The second-order valence-electron chi connectivity index (χ2n) is 3.73. The van der Waals surface area contributed by atoms with E-state index in [-0.39, 0.29) is 5.91 Å². The van der Waals surface area contributed by atoms with Gasteiger partial charge in [0.25, 0.3) is 0 Å². The maximum absolute atomic E-state index is 11.2. The van der Waals surface area contributed by atoms with Crippen molar-refractivity contribution in [3.05, 3.63) is 33.5 Å². The maximum Gasteiger partial charge on any atom is 0.243 e. The summed E-state index contributed by atoms with van der Waals surface area (Å²) in [5.74, 6) is -0.00828. The molecule has 1 aromatic rings. The zero-order chi connectivity index (χ0) is 10.7. The number of carbonyl (C=O) groups is 1. The lowest BCUT2D eigenvalue weighted by Gasteiger charge is -1.98. The summed E-state index contributed by atoms with van der Waals surface area (Å²) >= 11 is 1.84. The minimum absolute atomic E-state index is 0.00828. The van der Waals surface area contributed by atoms with Crippen LogP contribution in [-0.2, 0) is 24.2 Å². The molecule has 0 aromatic carbocycles. The van der Waals surface area contributed by atoms with Crippen molar-refractivity contribution >= 4 is 17.2 Å². The molecular formula is C12H15NOS. The molecule has 0 spiro atoms. The van der Waals surface area contributed by atoms with Crippen molar-refractivity contribution in [3.8, 4) is 0 Å². The van der Waals surface area contributed by atoms with E-state index in [9.17, 15) is 4.79 Å². The van der Waals surface area contributed by atoms with Gasteiger partial charge in [-0.25, -0.2) is 0 Å². The minimum Gasteiger partial charge on any atom is -0.348 e. The zero-order valence-corrected chi connectivity index (χ0v) is 9.69. The van der Waals surface area contributed by atoms with Crippen molar-refractivity contribution in [2.75, 3.05) is 0 Å². The van der Waals surface area contributed by atoms with Gasteiger partial charge < -0.3 is 5.32 Å². The lowest BCUT2D eigenvalue weighted by molar-refractivity contribution is -0.116. The highest BCUT2D eigenvalue weighted by Crippen LogP contribution is 2.30. The second-order valence-corrected chi connectivity index (χ2v) is 4.95. The Hall–Kier alpha value is -1.09. The van der Waals surface area contributed by atoms with Crippen LogP contribution in [0.15, 0.2) is 18.2 Å². The first kappa shape index (κ1) is 10.4. The molecule has 0 aliphatic heterocycles. The molecule has 1 amide bonds. The molecule has 2 nitrogen and oxygen atoms in total. The molecule has 3 heteroatoms. The second kappa shape index (κ2) is 4.62. The van der Waals surface area contributed by atoms with E-state index in [0.717, 1.165) is 0 Å². The Labute approximate surface area is 94.0 Å². The average Bonchev–Trinajstić information content (AvgIpc) is 2.74. The third-order valence-electron chi connectivity index (χ3n) is 2.55. The van der Waals surface area contributed by atoms with E-state index in [1.54, 1.807) is 12.2 Å². The van der Waals surface area contributed by atoms with Crippen LogP contribution in [0.4, 0.5) is 0 Å². The van der Waals surface area contributed by atoms with E-state index < -0.39 is 0 Å². The minimum atomic E-state index is -0.00828. The molecule has 1 aromatic heterocycles. The van der Waals surface area contributed by atoms with Crippen molar-refractivity contribution < 1.29 is 4.79 Å². The van der Waals surface area contributed by atoms with Gasteiger partial charge in [-0.1, -0.05) is 6.08 Å². The number of nitrogens with one attached hydrogen (secondary N) is 1.